The minimum atomic E-state index is -1.02. The Bertz CT molecular complexity index is 393. The van der Waals surface area contributed by atoms with Gasteiger partial charge in [0.2, 0.25) is 0 Å². The largest absolute Gasteiger partial charge is 0.478 e. The molecule has 1 aromatic rings. The maximum atomic E-state index is 10.9. The average molecular weight is 238 g/mol. The van der Waals surface area contributed by atoms with Gasteiger partial charge >= 0.3 is 5.97 Å². The van der Waals surface area contributed by atoms with E-state index >= 15 is 0 Å². The third-order valence-electron chi connectivity index (χ3n) is 2.43. The SMILES string of the molecule is COCC(C)CNc1cccc(C(=O)O)c1N. The summed E-state index contributed by atoms with van der Waals surface area (Å²) in [5, 5.41) is 12.0. The van der Waals surface area contributed by atoms with E-state index in [9.17, 15) is 4.79 Å². The number of hydrogen-bond acceptors (Lipinski definition) is 4. The maximum Gasteiger partial charge on any atom is 0.337 e. The highest BCUT2D eigenvalue weighted by Gasteiger charge is 2.11. The van der Waals surface area contributed by atoms with E-state index in [-0.39, 0.29) is 11.3 Å². The Kier molecular flexibility index (Phi) is 4.78. The molecule has 0 heterocycles. The van der Waals surface area contributed by atoms with Crippen LogP contribution in [0.15, 0.2) is 18.2 Å². The van der Waals surface area contributed by atoms with E-state index in [2.05, 4.69) is 5.32 Å². The molecule has 17 heavy (non-hydrogen) atoms. The fourth-order valence-corrected chi connectivity index (χ4v) is 1.53. The molecule has 0 aliphatic rings. The summed E-state index contributed by atoms with van der Waals surface area (Å²) in [6.45, 7) is 3.36. The first-order valence-electron chi connectivity index (χ1n) is 5.40. The van der Waals surface area contributed by atoms with Crippen molar-refractivity contribution in [3.05, 3.63) is 23.8 Å². The van der Waals surface area contributed by atoms with E-state index in [0.717, 1.165) is 0 Å². The van der Waals surface area contributed by atoms with Crippen LogP contribution in [-0.2, 0) is 4.74 Å². The Labute approximate surface area is 101 Å². The van der Waals surface area contributed by atoms with Gasteiger partial charge in [-0.05, 0) is 18.1 Å². The lowest BCUT2D eigenvalue weighted by atomic mass is 10.1. The van der Waals surface area contributed by atoms with E-state index < -0.39 is 5.97 Å². The van der Waals surface area contributed by atoms with Crippen LogP contribution < -0.4 is 11.1 Å². The van der Waals surface area contributed by atoms with Gasteiger partial charge in [-0.15, -0.1) is 0 Å². The molecule has 0 radical (unpaired) electrons. The van der Waals surface area contributed by atoms with Gasteiger partial charge in [-0.3, -0.25) is 0 Å². The van der Waals surface area contributed by atoms with Crippen LogP contribution in [0.4, 0.5) is 11.4 Å². The second-order valence-electron chi connectivity index (χ2n) is 4.01. The van der Waals surface area contributed by atoms with Gasteiger partial charge in [0.05, 0.1) is 23.5 Å². The predicted molar refractivity (Wildman–Crippen MR) is 67.3 cm³/mol. The summed E-state index contributed by atoms with van der Waals surface area (Å²) >= 11 is 0. The van der Waals surface area contributed by atoms with E-state index in [0.29, 0.717) is 24.8 Å². The average Bonchev–Trinajstić information content (AvgIpc) is 2.27. The Morgan fingerprint density at radius 3 is 2.88 bits per heavy atom. The van der Waals surface area contributed by atoms with Crippen LogP contribution >= 0.6 is 0 Å². The highest BCUT2D eigenvalue weighted by atomic mass is 16.5. The quantitative estimate of drug-likeness (QED) is 0.656. The fourth-order valence-electron chi connectivity index (χ4n) is 1.53. The summed E-state index contributed by atoms with van der Waals surface area (Å²) < 4.78 is 5.02. The van der Waals surface area contributed by atoms with Gasteiger partial charge in [0.25, 0.3) is 0 Å². The lowest BCUT2D eigenvalue weighted by Gasteiger charge is -2.14. The third-order valence-corrected chi connectivity index (χ3v) is 2.43. The number of nitrogens with two attached hydrogens (primary N) is 1. The van der Waals surface area contributed by atoms with Crippen LogP contribution in [0.2, 0.25) is 0 Å². The molecule has 0 saturated heterocycles. The summed E-state index contributed by atoms with van der Waals surface area (Å²) in [5.41, 5.74) is 6.80. The van der Waals surface area contributed by atoms with Crippen LogP contribution in [0, 0.1) is 5.92 Å². The molecule has 0 bridgehead atoms. The van der Waals surface area contributed by atoms with Crippen molar-refractivity contribution in [3.8, 4) is 0 Å². The van der Waals surface area contributed by atoms with E-state index in [1.165, 1.54) is 6.07 Å². The van der Waals surface area contributed by atoms with Crippen molar-refractivity contribution in [3.63, 3.8) is 0 Å². The number of rotatable bonds is 6. The first kappa shape index (κ1) is 13.3. The molecule has 0 aliphatic heterocycles. The molecule has 4 N–H and O–H groups in total. The van der Waals surface area contributed by atoms with Gasteiger partial charge in [0, 0.05) is 13.7 Å². The molecular formula is C12H18N2O3. The minimum Gasteiger partial charge on any atom is -0.478 e. The summed E-state index contributed by atoms with van der Waals surface area (Å²) in [7, 11) is 1.65. The van der Waals surface area contributed by atoms with Gasteiger partial charge in [-0.25, -0.2) is 4.79 Å². The summed E-state index contributed by atoms with van der Waals surface area (Å²) in [5.74, 6) is -0.691. The molecule has 0 fully saturated rings. The summed E-state index contributed by atoms with van der Waals surface area (Å²) in [6.07, 6.45) is 0. The predicted octanol–water partition coefficient (Wildman–Crippen LogP) is 1.66. The normalized spacial score (nSPS) is 12.1. The second-order valence-corrected chi connectivity index (χ2v) is 4.01. The molecule has 0 aliphatic carbocycles. The number of carboxylic acids is 1. The first-order valence-corrected chi connectivity index (χ1v) is 5.40. The van der Waals surface area contributed by atoms with Gasteiger partial charge in [-0.1, -0.05) is 13.0 Å². The number of para-hydroxylation sites is 1. The van der Waals surface area contributed by atoms with Gasteiger partial charge in [-0.2, -0.15) is 0 Å². The lowest BCUT2D eigenvalue weighted by Crippen LogP contribution is -2.17. The molecule has 0 spiro atoms. The van der Waals surface area contributed by atoms with Crippen LogP contribution in [0.5, 0.6) is 0 Å². The zero-order valence-corrected chi connectivity index (χ0v) is 10.1. The third kappa shape index (κ3) is 3.64. The molecule has 1 unspecified atom stereocenters. The number of aromatic carboxylic acids is 1. The van der Waals surface area contributed by atoms with Crippen molar-refractivity contribution >= 4 is 17.3 Å². The number of anilines is 2. The molecule has 1 aromatic carbocycles. The van der Waals surface area contributed by atoms with Crippen molar-refractivity contribution in [1.82, 2.24) is 0 Å². The van der Waals surface area contributed by atoms with Crippen molar-refractivity contribution in [2.24, 2.45) is 5.92 Å². The number of methoxy groups -OCH3 is 1. The summed E-state index contributed by atoms with van der Waals surface area (Å²) in [4.78, 5) is 10.9. The Morgan fingerprint density at radius 2 is 2.29 bits per heavy atom. The Hall–Kier alpha value is -1.75. The fraction of sp³-hybridized carbons (Fsp3) is 0.417. The highest BCUT2D eigenvalue weighted by Crippen LogP contribution is 2.22. The van der Waals surface area contributed by atoms with E-state index in [1.54, 1.807) is 19.2 Å². The van der Waals surface area contributed by atoms with Gasteiger partial charge in [0.1, 0.15) is 0 Å². The van der Waals surface area contributed by atoms with Crippen molar-refractivity contribution in [1.29, 1.82) is 0 Å². The van der Waals surface area contributed by atoms with E-state index in [4.69, 9.17) is 15.6 Å². The van der Waals surface area contributed by atoms with Gasteiger partial charge in [0.15, 0.2) is 0 Å². The van der Waals surface area contributed by atoms with Crippen LogP contribution in [0.3, 0.4) is 0 Å². The number of nitrogens with one attached hydrogen (secondary N) is 1. The molecule has 94 valence electrons. The number of carbonyl (C=O) groups is 1. The molecule has 0 aromatic heterocycles. The van der Waals surface area contributed by atoms with Crippen molar-refractivity contribution in [2.75, 3.05) is 31.3 Å². The molecule has 0 saturated carbocycles. The van der Waals surface area contributed by atoms with E-state index in [1.807, 2.05) is 6.92 Å². The van der Waals surface area contributed by atoms with Gasteiger partial charge < -0.3 is 20.9 Å². The second kappa shape index (κ2) is 6.10. The van der Waals surface area contributed by atoms with Crippen molar-refractivity contribution < 1.29 is 14.6 Å². The smallest absolute Gasteiger partial charge is 0.337 e. The number of hydrogen-bond donors (Lipinski definition) is 3. The minimum absolute atomic E-state index is 0.120. The zero-order valence-electron chi connectivity index (χ0n) is 10.1. The lowest BCUT2D eigenvalue weighted by molar-refractivity contribution is 0.0698. The Morgan fingerprint density at radius 1 is 1.59 bits per heavy atom. The maximum absolute atomic E-state index is 10.9. The summed E-state index contributed by atoms with van der Waals surface area (Å²) in [6, 6.07) is 4.92. The topological polar surface area (TPSA) is 84.6 Å². The Balaban J connectivity index is 2.72. The molecule has 5 nitrogen and oxygen atoms in total. The standard InChI is InChI=1S/C12H18N2O3/c1-8(7-17-2)6-14-10-5-3-4-9(11(10)13)12(15)16/h3-5,8,14H,6-7,13H2,1-2H3,(H,15,16). The number of carboxylic acid groups (broad SMARTS) is 1. The zero-order chi connectivity index (χ0) is 12.8. The number of nitrogen functional groups attached to an aromatic ring is 1. The highest BCUT2D eigenvalue weighted by molar-refractivity contribution is 5.97. The molecular weight excluding hydrogens is 220 g/mol. The monoisotopic (exact) mass is 238 g/mol. The molecule has 0 amide bonds. The number of ether oxygens (including phenoxy) is 1. The van der Waals surface area contributed by atoms with Crippen LogP contribution in [-0.4, -0.2) is 31.3 Å². The first-order chi connectivity index (χ1) is 8.06. The van der Waals surface area contributed by atoms with Crippen LogP contribution in [0.1, 0.15) is 17.3 Å². The number of benzene rings is 1. The molecule has 1 rings (SSSR count). The molecule has 5 heteroatoms. The van der Waals surface area contributed by atoms with Crippen molar-refractivity contribution in [2.45, 2.75) is 6.92 Å². The molecule has 1 atom stereocenters. The van der Waals surface area contributed by atoms with Crippen LogP contribution in [0.25, 0.3) is 0 Å².